The molecule has 0 heterocycles. The summed E-state index contributed by atoms with van der Waals surface area (Å²) in [4.78, 5) is 0.288. The van der Waals surface area contributed by atoms with Crippen molar-refractivity contribution in [3.05, 3.63) is 24.3 Å². The Morgan fingerprint density at radius 3 is 2.36 bits per heavy atom. The van der Waals surface area contributed by atoms with Crippen LogP contribution in [0.15, 0.2) is 29.2 Å². The van der Waals surface area contributed by atoms with Crippen LogP contribution in [0.4, 0.5) is 0 Å². The minimum Gasteiger partial charge on any atom is -0.491 e. The van der Waals surface area contributed by atoms with Crippen LogP contribution in [0, 0.1) is 16.7 Å². The molecule has 0 aliphatic heterocycles. The Morgan fingerprint density at radius 1 is 1.16 bits per heavy atom. The highest BCUT2D eigenvalue weighted by molar-refractivity contribution is 7.89. The van der Waals surface area contributed by atoms with Crippen LogP contribution < -0.4 is 9.46 Å². The monoisotopic (exact) mass is 367 g/mol. The Labute approximate surface area is 151 Å². The second kappa shape index (κ2) is 6.56. The van der Waals surface area contributed by atoms with E-state index in [1.807, 2.05) is 0 Å². The van der Waals surface area contributed by atoms with Crippen molar-refractivity contribution in [3.63, 3.8) is 0 Å². The van der Waals surface area contributed by atoms with Crippen LogP contribution >= 0.6 is 0 Å². The summed E-state index contributed by atoms with van der Waals surface area (Å²) in [7, 11) is -1.91. The smallest absolute Gasteiger partial charge is 0.240 e. The number of benzene rings is 1. The molecule has 3 unspecified atom stereocenters. The van der Waals surface area contributed by atoms with Gasteiger partial charge in [-0.15, -0.1) is 0 Å². The van der Waals surface area contributed by atoms with Gasteiger partial charge < -0.3 is 9.47 Å². The zero-order valence-electron chi connectivity index (χ0n) is 15.5. The molecule has 0 radical (unpaired) electrons. The van der Waals surface area contributed by atoms with E-state index in [1.165, 1.54) is 6.42 Å². The third kappa shape index (κ3) is 3.20. The minimum atomic E-state index is -3.53. The Balaban J connectivity index is 1.71. The maximum absolute atomic E-state index is 12.8. The molecule has 3 atom stereocenters. The lowest BCUT2D eigenvalue weighted by atomic mass is 9.69. The van der Waals surface area contributed by atoms with Gasteiger partial charge in [-0.1, -0.05) is 20.8 Å². The van der Waals surface area contributed by atoms with Gasteiger partial charge in [-0.2, -0.15) is 0 Å². The van der Waals surface area contributed by atoms with Crippen molar-refractivity contribution in [1.29, 1.82) is 0 Å². The zero-order chi connectivity index (χ0) is 18.3. The first-order valence-corrected chi connectivity index (χ1v) is 10.4. The SMILES string of the molecule is COCCOc1ccc(S(=O)(=O)NC2CC3CCC2(C)C3(C)C)cc1. The van der Waals surface area contributed by atoms with Gasteiger partial charge >= 0.3 is 0 Å². The lowest BCUT2D eigenvalue weighted by Gasteiger charge is -2.39. The largest absolute Gasteiger partial charge is 0.491 e. The summed E-state index contributed by atoms with van der Waals surface area (Å²) in [5.74, 6) is 1.24. The summed E-state index contributed by atoms with van der Waals surface area (Å²) < 4.78 is 39.0. The number of hydrogen-bond donors (Lipinski definition) is 1. The summed E-state index contributed by atoms with van der Waals surface area (Å²) in [5, 5.41) is 0. The Hall–Kier alpha value is -1.11. The van der Waals surface area contributed by atoms with Gasteiger partial charge in [0.1, 0.15) is 12.4 Å². The Bertz CT molecular complexity index is 713. The second-order valence-corrected chi connectivity index (χ2v) is 9.81. The minimum absolute atomic E-state index is 0.00359. The predicted molar refractivity (Wildman–Crippen MR) is 97.2 cm³/mol. The topological polar surface area (TPSA) is 64.6 Å². The van der Waals surface area contributed by atoms with E-state index in [0.717, 1.165) is 12.8 Å². The van der Waals surface area contributed by atoms with Crippen molar-refractivity contribution >= 4 is 10.0 Å². The molecule has 3 rings (SSSR count). The predicted octanol–water partition coefficient (Wildman–Crippen LogP) is 3.20. The lowest BCUT2D eigenvalue weighted by Crippen LogP contribution is -2.46. The molecule has 2 aliphatic carbocycles. The van der Waals surface area contributed by atoms with Gasteiger partial charge in [0.2, 0.25) is 10.0 Å². The summed E-state index contributed by atoms with van der Waals surface area (Å²) in [6, 6.07) is 6.59. The fraction of sp³-hybridized carbons (Fsp3) is 0.684. The second-order valence-electron chi connectivity index (χ2n) is 8.10. The number of rotatable bonds is 7. The molecule has 5 nitrogen and oxygen atoms in total. The normalized spacial score (nSPS) is 30.6. The van der Waals surface area contributed by atoms with E-state index in [4.69, 9.17) is 9.47 Å². The molecule has 6 heteroatoms. The average Bonchev–Trinajstić information content (AvgIpc) is 2.89. The fourth-order valence-corrected chi connectivity index (χ4v) is 5.96. The summed E-state index contributed by atoms with van der Waals surface area (Å²) in [6.07, 6.45) is 3.22. The molecule has 0 spiro atoms. The highest BCUT2D eigenvalue weighted by Gasteiger charge is 2.61. The maximum atomic E-state index is 12.8. The van der Waals surface area contributed by atoms with Gasteiger partial charge in [0.25, 0.3) is 0 Å². The van der Waals surface area contributed by atoms with Crippen LogP contribution in [0.1, 0.15) is 40.0 Å². The van der Waals surface area contributed by atoms with E-state index in [1.54, 1.807) is 31.4 Å². The van der Waals surface area contributed by atoms with Gasteiger partial charge in [-0.05, 0) is 60.3 Å². The van der Waals surface area contributed by atoms with Gasteiger partial charge in [0.05, 0.1) is 11.5 Å². The van der Waals surface area contributed by atoms with Gasteiger partial charge in [-0.25, -0.2) is 13.1 Å². The third-order valence-corrected chi connectivity index (χ3v) is 8.27. The molecule has 2 bridgehead atoms. The van der Waals surface area contributed by atoms with E-state index < -0.39 is 10.0 Å². The summed E-state index contributed by atoms with van der Waals surface area (Å²) in [6.45, 7) is 7.74. The van der Waals surface area contributed by atoms with Crippen molar-refractivity contribution in [2.24, 2.45) is 16.7 Å². The molecule has 0 aromatic heterocycles. The number of fused-ring (bicyclic) bond motifs is 2. The molecule has 2 fully saturated rings. The molecule has 0 saturated heterocycles. The molecule has 2 aliphatic rings. The number of ether oxygens (including phenoxy) is 2. The summed E-state index contributed by atoms with van der Waals surface area (Å²) in [5.41, 5.74) is 0.202. The van der Waals surface area contributed by atoms with Crippen LogP contribution in [-0.2, 0) is 14.8 Å². The van der Waals surface area contributed by atoms with Crippen molar-refractivity contribution in [2.75, 3.05) is 20.3 Å². The first-order valence-electron chi connectivity index (χ1n) is 8.95. The molecular weight excluding hydrogens is 338 g/mol. The Morgan fingerprint density at radius 2 is 1.84 bits per heavy atom. The first kappa shape index (κ1) is 18.7. The van der Waals surface area contributed by atoms with E-state index >= 15 is 0 Å². The average molecular weight is 368 g/mol. The van der Waals surface area contributed by atoms with E-state index in [-0.39, 0.29) is 21.8 Å². The van der Waals surface area contributed by atoms with E-state index in [9.17, 15) is 8.42 Å². The van der Waals surface area contributed by atoms with E-state index in [0.29, 0.717) is 24.9 Å². The van der Waals surface area contributed by atoms with Crippen LogP contribution in [0.2, 0.25) is 0 Å². The number of hydrogen-bond acceptors (Lipinski definition) is 4. The van der Waals surface area contributed by atoms with Crippen LogP contribution in [0.3, 0.4) is 0 Å². The van der Waals surface area contributed by atoms with E-state index in [2.05, 4.69) is 25.5 Å². The lowest BCUT2D eigenvalue weighted by molar-refractivity contribution is 0.130. The standard InChI is InChI=1S/C19H29NO4S/c1-18(2)14-9-10-19(18,3)17(13-14)20-25(21,22)16-7-5-15(6-8-16)24-12-11-23-4/h5-8,14,17,20H,9-13H2,1-4H3. The Kier molecular flexibility index (Phi) is 4.90. The van der Waals surface area contributed by atoms with Gasteiger partial charge in [0, 0.05) is 13.2 Å². The highest BCUT2D eigenvalue weighted by atomic mass is 32.2. The molecule has 1 aromatic carbocycles. The first-order chi connectivity index (χ1) is 11.7. The quantitative estimate of drug-likeness (QED) is 0.752. The third-order valence-electron chi connectivity index (χ3n) is 6.78. The molecule has 2 saturated carbocycles. The van der Waals surface area contributed by atoms with Crippen LogP contribution in [0.25, 0.3) is 0 Å². The van der Waals surface area contributed by atoms with Gasteiger partial charge in [-0.3, -0.25) is 0 Å². The van der Waals surface area contributed by atoms with Crippen molar-refractivity contribution in [2.45, 2.75) is 51.0 Å². The van der Waals surface area contributed by atoms with Crippen molar-refractivity contribution < 1.29 is 17.9 Å². The fourth-order valence-electron chi connectivity index (χ4n) is 4.60. The van der Waals surface area contributed by atoms with Crippen LogP contribution in [-0.4, -0.2) is 34.8 Å². The number of methoxy groups -OCH3 is 1. The molecule has 25 heavy (non-hydrogen) atoms. The van der Waals surface area contributed by atoms with Crippen LogP contribution in [0.5, 0.6) is 5.75 Å². The number of sulfonamides is 1. The molecule has 1 aromatic rings. The molecule has 140 valence electrons. The molecular formula is C19H29NO4S. The van der Waals surface area contributed by atoms with Crippen molar-refractivity contribution in [3.8, 4) is 5.75 Å². The number of nitrogens with one attached hydrogen (secondary N) is 1. The molecule has 0 amide bonds. The zero-order valence-corrected chi connectivity index (χ0v) is 16.4. The van der Waals surface area contributed by atoms with Crippen molar-refractivity contribution in [1.82, 2.24) is 4.72 Å². The van der Waals surface area contributed by atoms with Gasteiger partial charge in [0.15, 0.2) is 0 Å². The summed E-state index contributed by atoms with van der Waals surface area (Å²) >= 11 is 0. The highest BCUT2D eigenvalue weighted by Crippen LogP contribution is 2.65. The maximum Gasteiger partial charge on any atom is 0.240 e. The molecule has 1 N–H and O–H groups in total.